The molecule has 1 aromatic rings. The van der Waals surface area contributed by atoms with Gasteiger partial charge < -0.3 is 20.5 Å². The number of benzene rings is 1. The van der Waals surface area contributed by atoms with Gasteiger partial charge in [-0.25, -0.2) is 0 Å². The Kier molecular flexibility index (Phi) is 6.17. The molecule has 21 heavy (non-hydrogen) atoms. The van der Waals surface area contributed by atoms with Gasteiger partial charge in [0.15, 0.2) is 0 Å². The van der Waals surface area contributed by atoms with Gasteiger partial charge in [0, 0.05) is 25.9 Å². The normalized spacial score (nSPS) is 15.7. The Bertz CT molecular complexity index is 457. The van der Waals surface area contributed by atoms with Crippen molar-refractivity contribution in [2.45, 2.75) is 32.0 Å². The summed E-state index contributed by atoms with van der Waals surface area (Å²) in [7, 11) is 1.56. The molecule has 0 saturated heterocycles. The Hall–Kier alpha value is -1.43. The van der Waals surface area contributed by atoms with Gasteiger partial charge in [0.1, 0.15) is 0 Å². The van der Waals surface area contributed by atoms with Crippen LogP contribution < -0.4 is 11.1 Å². The number of carbonyl (C=O) groups is 1. The third-order valence-corrected chi connectivity index (χ3v) is 3.54. The van der Waals surface area contributed by atoms with Crippen LogP contribution in [0.4, 0.5) is 5.69 Å². The average molecular weight is 292 g/mol. The molecule has 1 aliphatic carbocycles. The monoisotopic (exact) mass is 292 g/mol. The molecular weight excluding hydrogens is 268 g/mol. The van der Waals surface area contributed by atoms with E-state index in [0.29, 0.717) is 13.2 Å². The quantitative estimate of drug-likeness (QED) is 0.729. The van der Waals surface area contributed by atoms with Gasteiger partial charge in [-0.2, -0.15) is 0 Å². The Morgan fingerprint density at radius 1 is 1.48 bits per heavy atom. The van der Waals surface area contributed by atoms with E-state index in [4.69, 9.17) is 15.2 Å². The zero-order valence-corrected chi connectivity index (χ0v) is 12.5. The first kappa shape index (κ1) is 15.9. The van der Waals surface area contributed by atoms with Crippen molar-refractivity contribution in [1.82, 2.24) is 0 Å². The summed E-state index contributed by atoms with van der Waals surface area (Å²) in [5.41, 5.74) is 7.35. The maximum absolute atomic E-state index is 11.9. The Morgan fingerprint density at radius 2 is 2.29 bits per heavy atom. The van der Waals surface area contributed by atoms with Gasteiger partial charge in [0.05, 0.1) is 19.1 Å². The molecule has 1 atom stereocenters. The maximum Gasteiger partial charge on any atom is 0.227 e. The predicted molar refractivity (Wildman–Crippen MR) is 81.9 cm³/mol. The first-order valence-electron chi connectivity index (χ1n) is 7.40. The van der Waals surface area contributed by atoms with Crippen molar-refractivity contribution in [2.75, 3.05) is 25.6 Å². The number of carbonyl (C=O) groups excluding carboxylic acids is 1. The summed E-state index contributed by atoms with van der Waals surface area (Å²) < 4.78 is 10.8. The summed E-state index contributed by atoms with van der Waals surface area (Å²) in [6.45, 7) is 1.76. The topological polar surface area (TPSA) is 73.6 Å². The van der Waals surface area contributed by atoms with Crippen LogP contribution >= 0.6 is 0 Å². The van der Waals surface area contributed by atoms with E-state index in [-0.39, 0.29) is 18.4 Å². The molecule has 1 aromatic carbocycles. The standard InChI is InChI=1S/C16H24N2O3/c1-20-15(9-17)8-16(19)18-14-4-2-3-13(7-14)11-21-10-12-5-6-12/h2-4,7,12,15H,5-6,8-11,17H2,1H3,(H,18,19). The van der Waals surface area contributed by atoms with Crippen LogP contribution in [0.15, 0.2) is 24.3 Å². The fraction of sp³-hybridized carbons (Fsp3) is 0.562. The van der Waals surface area contributed by atoms with Gasteiger partial charge in [-0.15, -0.1) is 0 Å². The van der Waals surface area contributed by atoms with Crippen molar-refractivity contribution >= 4 is 11.6 Å². The Labute approximate surface area is 125 Å². The molecule has 0 radical (unpaired) electrons. The molecule has 0 heterocycles. The van der Waals surface area contributed by atoms with Crippen molar-refractivity contribution in [3.63, 3.8) is 0 Å². The smallest absolute Gasteiger partial charge is 0.227 e. The highest BCUT2D eigenvalue weighted by molar-refractivity contribution is 5.91. The molecule has 3 N–H and O–H groups in total. The summed E-state index contributed by atoms with van der Waals surface area (Å²) in [6.07, 6.45) is 2.60. The van der Waals surface area contributed by atoms with Crippen molar-refractivity contribution in [3.8, 4) is 0 Å². The molecule has 0 aliphatic heterocycles. The van der Waals surface area contributed by atoms with Crippen LogP contribution in [0.2, 0.25) is 0 Å². The van der Waals surface area contributed by atoms with Crippen molar-refractivity contribution in [3.05, 3.63) is 29.8 Å². The number of amides is 1. The van der Waals surface area contributed by atoms with Gasteiger partial charge in [0.2, 0.25) is 5.91 Å². The first-order chi connectivity index (χ1) is 10.2. The van der Waals surface area contributed by atoms with Gasteiger partial charge in [-0.05, 0) is 36.5 Å². The van der Waals surface area contributed by atoms with Gasteiger partial charge in [0.25, 0.3) is 0 Å². The van der Waals surface area contributed by atoms with E-state index >= 15 is 0 Å². The largest absolute Gasteiger partial charge is 0.380 e. The second kappa shape index (κ2) is 8.12. The van der Waals surface area contributed by atoms with E-state index < -0.39 is 0 Å². The summed E-state index contributed by atoms with van der Waals surface area (Å²) in [5.74, 6) is 0.665. The van der Waals surface area contributed by atoms with Gasteiger partial charge >= 0.3 is 0 Å². The number of nitrogens with one attached hydrogen (secondary N) is 1. The molecule has 0 bridgehead atoms. The number of hydrogen-bond donors (Lipinski definition) is 2. The minimum atomic E-state index is -0.241. The molecule has 0 spiro atoms. The van der Waals surface area contributed by atoms with Crippen LogP contribution in [0, 0.1) is 5.92 Å². The minimum Gasteiger partial charge on any atom is -0.380 e. The highest BCUT2D eigenvalue weighted by atomic mass is 16.5. The number of ether oxygens (including phenoxy) is 2. The molecule has 5 nitrogen and oxygen atoms in total. The molecule has 1 aliphatic rings. The zero-order chi connectivity index (χ0) is 15.1. The highest BCUT2D eigenvalue weighted by Gasteiger charge is 2.21. The van der Waals surface area contributed by atoms with Crippen LogP contribution in [0.25, 0.3) is 0 Å². The molecule has 5 heteroatoms. The summed E-state index contributed by atoms with van der Waals surface area (Å²) >= 11 is 0. The number of hydrogen-bond acceptors (Lipinski definition) is 4. The average Bonchev–Trinajstić information content (AvgIpc) is 3.29. The summed E-state index contributed by atoms with van der Waals surface area (Å²) in [4.78, 5) is 11.9. The van der Waals surface area contributed by atoms with Crippen LogP contribution in [-0.4, -0.2) is 32.3 Å². The molecule has 1 amide bonds. The van der Waals surface area contributed by atoms with Crippen molar-refractivity contribution in [2.24, 2.45) is 11.7 Å². The lowest BCUT2D eigenvalue weighted by Gasteiger charge is -2.13. The lowest BCUT2D eigenvalue weighted by molar-refractivity contribution is -0.118. The number of anilines is 1. The van der Waals surface area contributed by atoms with Crippen molar-refractivity contribution < 1.29 is 14.3 Å². The van der Waals surface area contributed by atoms with Crippen LogP contribution in [0.3, 0.4) is 0 Å². The summed E-state index contributed by atoms with van der Waals surface area (Å²) in [6, 6.07) is 7.73. The Balaban J connectivity index is 1.80. The number of methoxy groups -OCH3 is 1. The second-order valence-corrected chi connectivity index (χ2v) is 5.50. The third-order valence-electron chi connectivity index (χ3n) is 3.54. The fourth-order valence-electron chi connectivity index (χ4n) is 2.05. The lowest BCUT2D eigenvalue weighted by atomic mass is 10.2. The molecule has 1 saturated carbocycles. The van der Waals surface area contributed by atoms with Crippen molar-refractivity contribution in [1.29, 1.82) is 0 Å². The predicted octanol–water partition coefficient (Wildman–Crippen LogP) is 1.92. The zero-order valence-electron chi connectivity index (χ0n) is 12.5. The molecule has 1 fully saturated rings. The van der Waals surface area contributed by atoms with Gasteiger partial charge in [-0.1, -0.05) is 12.1 Å². The van der Waals surface area contributed by atoms with Crippen LogP contribution in [-0.2, 0) is 20.9 Å². The number of rotatable bonds is 9. The Morgan fingerprint density at radius 3 is 2.95 bits per heavy atom. The van der Waals surface area contributed by atoms with Gasteiger partial charge in [-0.3, -0.25) is 4.79 Å². The molecule has 0 aromatic heterocycles. The molecule has 2 rings (SSSR count). The van der Waals surface area contributed by atoms with E-state index in [1.165, 1.54) is 12.8 Å². The van der Waals surface area contributed by atoms with E-state index in [1.54, 1.807) is 7.11 Å². The summed E-state index contributed by atoms with van der Waals surface area (Å²) in [5, 5.41) is 2.86. The van der Waals surface area contributed by atoms with E-state index in [2.05, 4.69) is 5.32 Å². The SMILES string of the molecule is COC(CN)CC(=O)Nc1cccc(COCC2CC2)c1. The van der Waals surface area contributed by atoms with E-state index in [0.717, 1.165) is 23.8 Å². The van der Waals surface area contributed by atoms with Crippen LogP contribution in [0.5, 0.6) is 0 Å². The molecule has 116 valence electrons. The van der Waals surface area contributed by atoms with E-state index in [1.807, 2.05) is 24.3 Å². The fourth-order valence-corrected chi connectivity index (χ4v) is 2.05. The van der Waals surface area contributed by atoms with E-state index in [9.17, 15) is 4.79 Å². The number of nitrogens with two attached hydrogens (primary N) is 1. The highest BCUT2D eigenvalue weighted by Crippen LogP contribution is 2.29. The molecular formula is C16H24N2O3. The lowest BCUT2D eigenvalue weighted by Crippen LogP contribution is -2.28. The maximum atomic E-state index is 11.9. The first-order valence-corrected chi connectivity index (χ1v) is 7.40. The third kappa shape index (κ3) is 5.83. The molecule has 1 unspecified atom stereocenters. The second-order valence-electron chi connectivity index (χ2n) is 5.50. The van der Waals surface area contributed by atoms with Crippen LogP contribution in [0.1, 0.15) is 24.8 Å². The minimum absolute atomic E-state index is 0.0941.